The van der Waals surface area contributed by atoms with Gasteiger partial charge < -0.3 is 4.57 Å². The summed E-state index contributed by atoms with van der Waals surface area (Å²) >= 11 is 0. The van der Waals surface area contributed by atoms with E-state index in [1.807, 2.05) is 12.1 Å². The molecule has 0 spiro atoms. The Bertz CT molecular complexity index is 2630. The molecule has 0 unspecified atom stereocenters. The van der Waals surface area contributed by atoms with Crippen LogP contribution in [0.2, 0.25) is 0 Å². The Hall–Kier alpha value is -6.17. The molecular weight excluding hydrogens is 544 g/mol. The number of aromatic nitrogens is 1. The van der Waals surface area contributed by atoms with E-state index in [-0.39, 0.29) is 0 Å². The zero-order valence-corrected chi connectivity index (χ0v) is 24.4. The zero-order valence-electron chi connectivity index (χ0n) is 24.4. The number of para-hydroxylation sites is 1. The number of hydrogen-bond donors (Lipinski definition) is 0. The second kappa shape index (κ2) is 9.95. The highest BCUT2D eigenvalue weighted by Gasteiger charge is 2.14. The molecule has 0 fully saturated rings. The normalized spacial score (nSPS) is 11.5. The van der Waals surface area contributed by atoms with Gasteiger partial charge in [-0.2, -0.15) is 5.26 Å². The summed E-state index contributed by atoms with van der Waals surface area (Å²) < 4.78 is 2.28. The molecule has 0 N–H and O–H groups in total. The third-order valence-corrected chi connectivity index (χ3v) is 9.18. The molecule has 2 heteroatoms. The van der Waals surface area contributed by atoms with Crippen LogP contribution in [0.15, 0.2) is 158 Å². The van der Waals surface area contributed by atoms with Crippen LogP contribution >= 0.6 is 0 Å². The summed E-state index contributed by atoms with van der Waals surface area (Å²) in [5.41, 5.74) is 8.60. The van der Waals surface area contributed by atoms with Crippen LogP contribution in [-0.4, -0.2) is 4.57 Å². The van der Waals surface area contributed by atoms with Gasteiger partial charge in [0.15, 0.2) is 0 Å². The minimum absolute atomic E-state index is 0.659. The number of rotatable bonds is 3. The molecule has 9 aromatic rings. The summed E-state index contributed by atoms with van der Waals surface area (Å²) in [6.07, 6.45) is 0. The maximum Gasteiger partial charge on any atom is 0.0992 e. The standard InChI is InChI=1S/C43H26N2/c44-27-28-19-21-40-39-17-5-6-18-42(39)45(43(40)23-28)33-12-8-11-31(25-33)29-9-7-10-30(24-29)32-20-22-38-36-15-2-1-13-34(36)35-14-3-4-16-37(35)41(38)26-32/h1-26H. The number of fused-ring (bicyclic) bond motifs is 9. The van der Waals surface area contributed by atoms with Gasteiger partial charge in [-0.15, -0.1) is 0 Å². The van der Waals surface area contributed by atoms with Gasteiger partial charge in [0.1, 0.15) is 0 Å². The average Bonchev–Trinajstić information content (AvgIpc) is 3.45. The molecule has 0 radical (unpaired) electrons. The van der Waals surface area contributed by atoms with Crippen molar-refractivity contribution in [2.24, 2.45) is 0 Å². The summed E-state index contributed by atoms with van der Waals surface area (Å²) in [6, 6.07) is 58.6. The molecule has 0 amide bonds. The minimum Gasteiger partial charge on any atom is -0.309 e. The number of nitrogens with zero attached hydrogens (tertiary/aromatic N) is 2. The predicted molar refractivity (Wildman–Crippen MR) is 189 cm³/mol. The second-order valence-electron chi connectivity index (χ2n) is 11.7. The number of hydrogen-bond acceptors (Lipinski definition) is 1. The van der Waals surface area contributed by atoms with E-state index in [4.69, 9.17) is 0 Å². The van der Waals surface area contributed by atoms with Crippen LogP contribution in [0, 0.1) is 11.3 Å². The summed E-state index contributed by atoms with van der Waals surface area (Å²) in [6.45, 7) is 0. The molecule has 0 aliphatic heterocycles. The quantitative estimate of drug-likeness (QED) is 0.194. The lowest BCUT2D eigenvalue weighted by Crippen LogP contribution is -1.94. The van der Waals surface area contributed by atoms with Crippen LogP contribution in [0.5, 0.6) is 0 Å². The highest BCUT2D eigenvalue weighted by molar-refractivity contribution is 6.25. The van der Waals surface area contributed by atoms with Crippen molar-refractivity contribution in [3.05, 3.63) is 163 Å². The Balaban J connectivity index is 1.19. The summed E-state index contributed by atoms with van der Waals surface area (Å²) in [4.78, 5) is 0. The Kier molecular flexibility index (Phi) is 5.60. The maximum atomic E-state index is 9.64. The van der Waals surface area contributed by atoms with E-state index < -0.39 is 0 Å². The molecule has 0 saturated heterocycles. The Morgan fingerprint density at radius 3 is 1.56 bits per heavy atom. The highest BCUT2D eigenvalue weighted by atomic mass is 15.0. The molecule has 0 aliphatic rings. The third kappa shape index (κ3) is 3.95. The van der Waals surface area contributed by atoms with E-state index in [0.717, 1.165) is 33.2 Å². The monoisotopic (exact) mass is 570 g/mol. The molecule has 9 rings (SSSR count). The number of nitriles is 1. The van der Waals surface area contributed by atoms with E-state index in [1.54, 1.807) is 0 Å². The molecule has 8 aromatic carbocycles. The fraction of sp³-hybridized carbons (Fsp3) is 0. The van der Waals surface area contributed by atoms with Crippen molar-refractivity contribution in [1.82, 2.24) is 4.57 Å². The molecule has 0 aliphatic carbocycles. The summed E-state index contributed by atoms with van der Waals surface area (Å²) in [7, 11) is 0. The Morgan fingerprint density at radius 2 is 0.867 bits per heavy atom. The molecule has 45 heavy (non-hydrogen) atoms. The molecular formula is C43H26N2. The number of benzene rings is 8. The molecule has 1 aromatic heterocycles. The first-order valence-corrected chi connectivity index (χ1v) is 15.2. The second-order valence-corrected chi connectivity index (χ2v) is 11.7. The van der Waals surface area contributed by atoms with Gasteiger partial charge in [0.05, 0.1) is 22.7 Å². The van der Waals surface area contributed by atoms with E-state index in [1.165, 1.54) is 48.8 Å². The SMILES string of the molecule is N#Cc1ccc2c3ccccc3n(-c3cccc(-c4cccc(-c5ccc6c7ccccc7c7ccccc7c6c5)c4)c3)c2c1. The van der Waals surface area contributed by atoms with E-state index in [2.05, 4.69) is 156 Å². The molecule has 1 heterocycles. The van der Waals surface area contributed by atoms with Gasteiger partial charge in [0, 0.05) is 16.5 Å². The fourth-order valence-corrected chi connectivity index (χ4v) is 7.11. The topological polar surface area (TPSA) is 28.7 Å². The van der Waals surface area contributed by atoms with Gasteiger partial charge in [0.2, 0.25) is 0 Å². The molecule has 2 nitrogen and oxygen atoms in total. The average molecular weight is 571 g/mol. The lowest BCUT2D eigenvalue weighted by molar-refractivity contribution is 1.18. The van der Waals surface area contributed by atoms with Crippen LogP contribution in [0.25, 0.3) is 82.1 Å². The van der Waals surface area contributed by atoms with Crippen molar-refractivity contribution >= 4 is 54.1 Å². The van der Waals surface area contributed by atoms with Gasteiger partial charge in [-0.25, -0.2) is 0 Å². The van der Waals surface area contributed by atoms with Gasteiger partial charge in [0.25, 0.3) is 0 Å². The van der Waals surface area contributed by atoms with Gasteiger partial charge in [-0.05, 0) is 97.0 Å². The maximum absolute atomic E-state index is 9.64. The molecule has 0 bridgehead atoms. The van der Waals surface area contributed by atoms with Gasteiger partial charge in [-0.1, -0.05) is 115 Å². The van der Waals surface area contributed by atoms with Crippen LogP contribution in [0.3, 0.4) is 0 Å². The van der Waals surface area contributed by atoms with Crippen molar-refractivity contribution in [2.45, 2.75) is 0 Å². The fourth-order valence-electron chi connectivity index (χ4n) is 7.11. The molecule has 0 atom stereocenters. The van der Waals surface area contributed by atoms with Crippen molar-refractivity contribution in [3.8, 4) is 34.0 Å². The Morgan fingerprint density at radius 1 is 0.356 bits per heavy atom. The zero-order chi connectivity index (χ0) is 29.9. The van der Waals surface area contributed by atoms with Gasteiger partial charge >= 0.3 is 0 Å². The van der Waals surface area contributed by atoms with E-state index in [9.17, 15) is 5.26 Å². The van der Waals surface area contributed by atoms with Crippen LogP contribution in [0.1, 0.15) is 5.56 Å². The van der Waals surface area contributed by atoms with Crippen molar-refractivity contribution in [2.75, 3.05) is 0 Å². The molecule has 0 saturated carbocycles. The highest BCUT2D eigenvalue weighted by Crippen LogP contribution is 2.38. The van der Waals surface area contributed by atoms with Crippen molar-refractivity contribution in [3.63, 3.8) is 0 Å². The van der Waals surface area contributed by atoms with E-state index >= 15 is 0 Å². The van der Waals surface area contributed by atoms with Crippen LogP contribution in [0.4, 0.5) is 0 Å². The minimum atomic E-state index is 0.659. The smallest absolute Gasteiger partial charge is 0.0992 e. The summed E-state index contributed by atoms with van der Waals surface area (Å²) in [5, 5.41) is 19.7. The van der Waals surface area contributed by atoms with E-state index in [0.29, 0.717) is 5.56 Å². The van der Waals surface area contributed by atoms with Crippen LogP contribution < -0.4 is 0 Å². The van der Waals surface area contributed by atoms with Crippen LogP contribution in [-0.2, 0) is 0 Å². The first kappa shape index (κ1) is 25.3. The van der Waals surface area contributed by atoms with Crippen molar-refractivity contribution in [1.29, 1.82) is 5.26 Å². The lowest BCUT2D eigenvalue weighted by atomic mass is 9.91. The summed E-state index contributed by atoms with van der Waals surface area (Å²) in [5.74, 6) is 0. The first-order chi connectivity index (χ1) is 22.3. The third-order valence-electron chi connectivity index (χ3n) is 9.18. The van der Waals surface area contributed by atoms with Crippen molar-refractivity contribution < 1.29 is 0 Å². The molecule has 208 valence electrons. The Labute approximate surface area is 260 Å². The van der Waals surface area contributed by atoms with Gasteiger partial charge in [-0.3, -0.25) is 0 Å². The largest absolute Gasteiger partial charge is 0.309 e. The predicted octanol–water partition coefficient (Wildman–Crippen LogP) is 11.4. The lowest BCUT2D eigenvalue weighted by Gasteiger charge is -2.13. The first-order valence-electron chi connectivity index (χ1n) is 15.2.